The molecule has 1 aliphatic heterocycles. The Morgan fingerprint density at radius 1 is 0.969 bits per heavy atom. The second kappa shape index (κ2) is 8.12. The van der Waals surface area contributed by atoms with Gasteiger partial charge in [-0.15, -0.1) is 0 Å². The van der Waals surface area contributed by atoms with Crippen molar-refractivity contribution in [3.05, 3.63) is 53.1 Å². The van der Waals surface area contributed by atoms with Gasteiger partial charge < -0.3 is 11.5 Å². The Labute approximate surface area is 189 Å². The van der Waals surface area contributed by atoms with E-state index in [4.69, 9.17) is 11.5 Å². The van der Waals surface area contributed by atoms with Gasteiger partial charge in [0, 0.05) is 5.69 Å². The van der Waals surface area contributed by atoms with Gasteiger partial charge in [0.1, 0.15) is 5.66 Å². The highest BCUT2D eigenvalue weighted by Crippen LogP contribution is 2.39. The van der Waals surface area contributed by atoms with E-state index >= 15 is 0 Å². The van der Waals surface area contributed by atoms with E-state index in [2.05, 4.69) is 14.7 Å². The van der Waals surface area contributed by atoms with Crippen LogP contribution in [0.2, 0.25) is 0 Å². The molecule has 170 valence electrons. The number of sulfonamides is 1. The molecule has 2 aromatic rings. The Morgan fingerprint density at radius 2 is 1.56 bits per heavy atom. The average Bonchev–Trinajstić information content (AvgIpc) is 2.71. The summed E-state index contributed by atoms with van der Waals surface area (Å²) in [5.41, 5.74) is 15.8. The van der Waals surface area contributed by atoms with Gasteiger partial charge in [0.05, 0.1) is 10.6 Å². The second-order valence-corrected chi connectivity index (χ2v) is 10.4. The Bertz CT molecular complexity index is 1170. The molecule has 0 atom stereocenters. The minimum atomic E-state index is -3.75. The third kappa shape index (κ3) is 4.04. The zero-order chi connectivity index (χ0) is 23.1. The zero-order valence-electron chi connectivity index (χ0n) is 18.7. The van der Waals surface area contributed by atoms with E-state index in [1.807, 2.05) is 37.8 Å². The first-order chi connectivity index (χ1) is 15.1. The number of aryl methyl sites for hydroxylation is 3. The van der Waals surface area contributed by atoms with E-state index in [-0.39, 0.29) is 16.8 Å². The molecule has 1 spiro atoms. The fourth-order valence-corrected chi connectivity index (χ4v) is 6.01. The van der Waals surface area contributed by atoms with Crippen LogP contribution in [0.15, 0.2) is 51.3 Å². The zero-order valence-corrected chi connectivity index (χ0v) is 19.5. The Balaban J connectivity index is 1.65. The fourth-order valence-electron chi connectivity index (χ4n) is 4.80. The minimum absolute atomic E-state index is 0.175. The van der Waals surface area contributed by atoms with Crippen molar-refractivity contribution in [3.8, 4) is 0 Å². The molecule has 0 saturated heterocycles. The molecule has 0 radical (unpaired) electrons. The van der Waals surface area contributed by atoms with E-state index in [1.165, 1.54) is 0 Å². The first kappa shape index (κ1) is 22.1. The van der Waals surface area contributed by atoms with E-state index in [1.54, 1.807) is 24.3 Å². The molecule has 8 nitrogen and oxygen atoms in total. The summed E-state index contributed by atoms with van der Waals surface area (Å²) in [6.07, 6.45) is 4.82. The number of anilines is 2. The van der Waals surface area contributed by atoms with Gasteiger partial charge in [-0.1, -0.05) is 24.1 Å². The molecule has 0 bridgehead atoms. The summed E-state index contributed by atoms with van der Waals surface area (Å²) in [7, 11) is -3.75. The number of nitrogens with two attached hydrogens (primary N) is 2. The van der Waals surface area contributed by atoms with Crippen molar-refractivity contribution in [3.63, 3.8) is 0 Å². The van der Waals surface area contributed by atoms with Crippen LogP contribution in [0.5, 0.6) is 0 Å². The van der Waals surface area contributed by atoms with Gasteiger partial charge in [-0.05, 0) is 81.8 Å². The molecule has 2 aliphatic rings. The van der Waals surface area contributed by atoms with Crippen molar-refractivity contribution in [2.75, 3.05) is 9.62 Å². The molecule has 9 heteroatoms. The second-order valence-electron chi connectivity index (χ2n) is 8.69. The van der Waals surface area contributed by atoms with Crippen LogP contribution in [0, 0.1) is 20.8 Å². The molecule has 5 N–H and O–H groups in total. The molecule has 0 aromatic heterocycles. The smallest absolute Gasteiger partial charge is 0.261 e. The Morgan fingerprint density at radius 3 is 2.16 bits per heavy atom. The number of nitrogens with one attached hydrogen (secondary N) is 1. The van der Waals surface area contributed by atoms with Crippen LogP contribution >= 0.6 is 0 Å². The van der Waals surface area contributed by atoms with Crippen LogP contribution in [0.3, 0.4) is 0 Å². The number of hydrogen-bond donors (Lipinski definition) is 3. The summed E-state index contributed by atoms with van der Waals surface area (Å²) in [6.45, 7) is 5.79. The quantitative estimate of drug-likeness (QED) is 0.651. The molecular weight excluding hydrogens is 424 g/mol. The predicted octanol–water partition coefficient (Wildman–Crippen LogP) is 3.52. The summed E-state index contributed by atoms with van der Waals surface area (Å²) in [5, 5.41) is 0. The highest BCUT2D eigenvalue weighted by atomic mass is 32.2. The van der Waals surface area contributed by atoms with Gasteiger partial charge in [-0.2, -0.15) is 4.99 Å². The molecule has 1 heterocycles. The third-order valence-electron chi connectivity index (χ3n) is 6.17. The molecule has 1 fully saturated rings. The monoisotopic (exact) mass is 454 g/mol. The topological polar surface area (TPSA) is 126 Å². The van der Waals surface area contributed by atoms with Gasteiger partial charge in [-0.3, -0.25) is 9.62 Å². The van der Waals surface area contributed by atoms with Crippen LogP contribution in [0.1, 0.15) is 48.8 Å². The highest BCUT2D eigenvalue weighted by Gasteiger charge is 2.42. The number of guanidine groups is 2. The maximum atomic E-state index is 13.1. The number of hydrogen-bond acceptors (Lipinski definition) is 7. The van der Waals surface area contributed by atoms with E-state index in [0.29, 0.717) is 5.69 Å². The summed E-state index contributed by atoms with van der Waals surface area (Å²) in [5.74, 6) is 0.465. The van der Waals surface area contributed by atoms with Crippen LogP contribution in [-0.4, -0.2) is 26.0 Å². The lowest BCUT2D eigenvalue weighted by atomic mass is 9.87. The Kier molecular flexibility index (Phi) is 5.62. The molecule has 2 aromatic carbocycles. The number of rotatable bonds is 4. The van der Waals surface area contributed by atoms with Crippen LogP contribution in [0.25, 0.3) is 0 Å². The first-order valence-corrected chi connectivity index (χ1v) is 12.3. The molecular formula is C23H30N6O2S. The SMILES string of the molecule is Cc1cc(C)c(NS(=O)(=O)c2ccc(N3C(N)=NC(N)=NC34CCCCC4)cc2)c(C)c1. The minimum Gasteiger partial charge on any atom is -0.369 e. The largest absolute Gasteiger partial charge is 0.369 e. The average molecular weight is 455 g/mol. The van der Waals surface area contributed by atoms with Crippen molar-refractivity contribution < 1.29 is 8.42 Å². The lowest BCUT2D eigenvalue weighted by Gasteiger charge is -2.45. The lowest BCUT2D eigenvalue weighted by molar-refractivity contribution is 0.305. The molecule has 1 aliphatic carbocycles. The van der Waals surface area contributed by atoms with Crippen molar-refractivity contribution in [2.45, 2.75) is 63.4 Å². The number of aliphatic imine (C=N–C) groups is 2. The van der Waals surface area contributed by atoms with Gasteiger partial charge in [0.15, 0.2) is 0 Å². The summed E-state index contributed by atoms with van der Waals surface area (Å²) in [4.78, 5) is 10.9. The fraction of sp³-hybridized carbons (Fsp3) is 0.391. The Hall–Kier alpha value is -3.07. The van der Waals surface area contributed by atoms with Gasteiger partial charge in [-0.25, -0.2) is 13.4 Å². The molecule has 1 saturated carbocycles. The normalized spacial score (nSPS) is 18.3. The lowest BCUT2D eigenvalue weighted by Crippen LogP contribution is -2.58. The molecule has 0 unspecified atom stereocenters. The van der Waals surface area contributed by atoms with Gasteiger partial charge >= 0.3 is 0 Å². The summed E-state index contributed by atoms with van der Waals surface area (Å²) < 4.78 is 28.9. The third-order valence-corrected chi connectivity index (χ3v) is 7.54. The van der Waals surface area contributed by atoms with E-state index < -0.39 is 15.7 Å². The van der Waals surface area contributed by atoms with Crippen molar-refractivity contribution in [1.29, 1.82) is 0 Å². The maximum Gasteiger partial charge on any atom is 0.261 e. The van der Waals surface area contributed by atoms with Crippen LogP contribution in [0.4, 0.5) is 11.4 Å². The molecule has 0 amide bonds. The van der Waals surface area contributed by atoms with Gasteiger partial charge in [0.2, 0.25) is 11.9 Å². The van der Waals surface area contributed by atoms with Crippen LogP contribution in [-0.2, 0) is 10.0 Å². The summed E-state index contributed by atoms with van der Waals surface area (Å²) in [6, 6.07) is 10.6. The maximum absolute atomic E-state index is 13.1. The first-order valence-electron chi connectivity index (χ1n) is 10.8. The predicted molar refractivity (Wildman–Crippen MR) is 129 cm³/mol. The molecule has 4 rings (SSSR count). The van der Waals surface area contributed by atoms with Crippen molar-refractivity contribution in [2.24, 2.45) is 21.5 Å². The van der Waals surface area contributed by atoms with Crippen molar-refractivity contribution >= 4 is 33.3 Å². The number of benzene rings is 2. The van der Waals surface area contributed by atoms with E-state index in [0.717, 1.165) is 54.5 Å². The molecule has 32 heavy (non-hydrogen) atoms. The summed E-state index contributed by atoms with van der Waals surface area (Å²) >= 11 is 0. The standard InChI is InChI=1S/C23H30N6O2S/c1-15-13-16(2)20(17(3)14-15)28-32(30,31)19-9-7-18(8-10-19)29-22(25)26-21(24)27-23(29)11-5-4-6-12-23/h7-10,13-14,28H,4-6,11-12H2,1-3H3,(H4,24,25,26,27). The van der Waals surface area contributed by atoms with E-state index in [9.17, 15) is 8.42 Å². The number of nitrogens with zero attached hydrogens (tertiary/aromatic N) is 3. The van der Waals surface area contributed by atoms with Gasteiger partial charge in [0.25, 0.3) is 10.0 Å². The van der Waals surface area contributed by atoms with Crippen LogP contribution < -0.4 is 21.1 Å². The highest BCUT2D eigenvalue weighted by molar-refractivity contribution is 7.92. The van der Waals surface area contributed by atoms with Crippen molar-refractivity contribution in [1.82, 2.24) is 0 Å².